The molecule has 0 spiro atoms. The number of carboxylic acid groups (broad SMARTS) is 1. The van der Waals surface area contributed by atoms with Gasteiger partial charge in [-0.15, -0.1) is 0 Å². The Morgan fingerprint density at radius 2 is 2.00 bits per heavy atom. The molecular weight excluding hydrogens is 339 g/mol. The maximum atomic E-state index is 12.6. The SMILES string of the molecule is O=C(O)Cn1ccc(NC(=O)CCCc2cccc(C(F)(F)F)c2)n1. The Balaban J connectivity index is 1.81. The fourth-order valence-electron chi connectivity index (χ4n) is 2.22. The summed E-state index contributed by atoms with van der Waals surface area (Å²) in [7, 11) is 0. The monoisotopic (exact) mass is 355 g/mol. The summed E-state index contributed by atoms with van der Waals surface area (Å²) in [4.78, 5) is 22.3. The highest BCUT2D eigenvalue weighted by Gasteiger charge is 2.30. The van der Waals surface area contributed by atoms with Crippen LogP contribution in [0.2, 0.25) is 0 Å². The smallest absolute Gasteiger partial charge is 0.416 e. The van der Waals surface area contributed by atoms with Crippen LogP contribution in [0.15, 0.2) is 36.5 Å². The molecule has 0 bridgehead atoms. The minimum absolute atomic E-state index is 0.113. The highest BCUT2D eigenvalue weighted by atomic mass is 19.4. The number of benzene rings is 1. The number of alkyl halides is 3. The molecule has 25 heavy (non-hydrogen) atoms. The minimum Gasteiger partial charge on any atom is -0.480 e. The Kier molecular flexibility index (Phi) is 5.79. The molecule has 134 valence electrons. The molecule has 0 saturated heterocycles. The van der Waals surface area contributed by atoms with E-state index in [1.807, 2.05) is 0 Å². The van der Waals surface area contributed by atoms with Crippen LogP contribution in [0.1, 0.15) is 24.0 Å². The first-order chi connectivity index (χ1) is 11.7. The number of aromatic nitrogens is 2. The quantitative estimate of drug-likeness (QED) is 0.800. The number of nitrogens with one attached hydrogen (secondary N) is 1. The van der Waals surface area contributed by atoms with E-state index in [4.69, 9.17) is 5.11 Å². The molecule has 1 amide bonds. The molecule has 0 aliphatic carbocycles. The van der Waals surface area contributed by atoms with Gasteiger partial charge in [-0.25, -0.2) is 0 Å². The average Bonchev–Trinajstić information content (AvgIpc) is 2.93. The topological polar surface area (TPSA) is 84.2 Å². The number of rotatable bonds is 7. The van der Waals surface area contributed by atoms with Crippen molar-refractivity contribution in [1.82, 2.24) is 9.78 Å². The molecule has 0 radical (unpaired) electrons. The zero-order valence-electron chi connectivity index (χ0n) is 13.1. The third-order valence-corrected chi connectivity index (χ3v) is 3.33. The first-order valence-corrected chi connectivity index (χ1v) is 7.45. The predicted molar refractivity (Wildman–Crippen MR) is 82.9 cm³/mol. The number of anilines is 1. The van der Waals surface area contributed by atoms with Gasteiger partial charge in [-0.2, -0.15) is 18.3 Å². The van der Waals surface area contributed by atoms with E-state index in [0.717, 1.165) is 12.1 Å². The van der Waals surface area contributed by atoms with E-state index in [1.165, 1.54) is 23.0 Å². The minimum atomic E-state index is -4.39. The molecule has 0 saturated carbocycles. The number of amides is 1. The van der Waals surface area contributed by atoms with Crippen LogP contribution in [-0.4, -0.2) is 26.8 Å². The van der Waals surface area contributed by atoms with Gasteiger partial charge in [-0.1, -0.05) is 18.2 Å². The molecular formula is C16H16F3N3O3. The Morgan fingerprint density at radius 1 is 1.24 bits per heavy atom. The molecule has 0 fully saturated rings. The molecule has 1 aromatic carbocycles. The number of hydrogen-bond donors (Lipinski definition) is 2. The van der Waals surface area contributed by atoms with Gasteiger partial charge in [0, 0.05) is 18.7 Å². The van der Waals surface area contributed by atoms with Crippen LogP contribution in [0.3, 0.4) is 0 Å². The molecule has 1 aromatic heterocycles. The Bertz CT molecular complexity index is 756. The van der Waals surface area contributed by atoms with Gasteiger partial charge in [0.1, 0.15) is 6.54 Å². The molecule has 9 heteroatoms. The van der Waals surface area contributed by atoms with Crippen LogP contribution < -0.4 is 5.32 Å². The number of nitrogens with zero attached hydrogens (tertiary/aromatic N) is 2. The maximum Gasteiger partial charge on any atom is 0.416 e. The number of carboxylic acids is 1. The summed E-state index contributed by atoms with van der Waals surface area (Å²) < 4.78 is 39.1. The molecule has 0 unspecified atom stereocenters. The van der Waals surface area contributed by atoms with Gasteiger partial charge in [-0.3, -0.25) is 14.3 Å². The molecule has 2 N–H and O–H groups in total. The van der Waals surface area contributed by atoms with E-state index in [0.29, 0.717) is 18.4 Å². The van der Waals surface area contributed by atoms with Crippen molar-refractivity contribution < 1.29 is 27.9 Å². The van der Waals surface area contributed by atoms with Crippen LogP contribution in [-0.2, 0) is 28.7 Å². The van der Waals surface area contributed by atoms with Crippen LogP contribution in [0, 0.1) is 0 Å². The number of halogens is 3. The van der Waals surface area contributed by atoms with Gasteiger partial charge in [0.2, 0.25) is 5.91 Å². The zero-order valence-corrected chi connectivity index (χ0v) is 13.1. The van der Waals surface area contributed by atoms with Crippen molar-refractivity contribution >= 4 is 17.7 Å². The highest BCUT2D eigenvalue weighted by molar-refractivity contribution is 5.89. The van der Waals surface area contributed by atoms with Gasteiger partial charge in [0.15, 0.2) is 5.82 Å². The summed E-state index contributed by atoms with van der Waals surface area (Å²) in [6.07, 6.45) is -2.13. The Morgan fingerprint density at radius 3 is 2.68 bits per heavy atom. The van der Waals surface area contributed by atoms with Crippen molar-refractivity contribution in [3.8, 4) is 0 Å². The van der Waals surface area contributed by atoms with Gasteiger partial charge >= 0.3 is 12.1 Å². The third kappa shape index (κ3) is 5.94. The summed E-state index contributed by atoms with van der Waals surface area (Å²) in [5.41, 5.74) is -0.202. The lowest BCUT2D eigenvalue weighted by atomic mass is 10.0. The largest absolute Gasteiger partial charge is 0.480 e. The Hall–Kier alpha value is -2.84. The summed E-state index contributed by atoms with van der Waals surface area (Å²) in [5, 5.41) is 15.0. The summed E-state index contributed by atoms with van der Waals surface area (Å²) in [6.45, 7) is -0.314. The van der Waals surface area contributed by atoms with Crippen molar-refractivity contribution in [2.75, 3.05) is 5.32 Å². The first-order valence-electron chi connectivity index (χ1n) is 7.45. The van der Waals surface area contributed by atoms with Gasteiger partial charge < -0.3 is 10.4 Å². The second-order valence-corrected chi connectivity index (χ2v) is 5.39. The van der Waals surface area contributed by atoms with E-state index in [9.17, 15) is 22.8 Å². The average molecular weight is 355 g/mol. The van der Waals surface area contributed by atoms with Crippen molar-refractivity contribution in [3.63, 3.8) is 0 Å². The van der Waals surface area contributed by atoms with E-state index < -0.39 is 17.7 Å². The lowest BCUT2D eigenvalue weighted by Gasteiger charge is -2.08. The number of hydrogen-bond acceptors (Lipinski definition) is 3. The fourth-order valence-corrected chi connectivity index (χ4v) is 2.22. The highest BCUT2D eigenvalue weighted by Crippen LogP contribution is 2.29. The third-order valence-electron chi connectivity index (χ3n) is 3.33. The van der Waals surface area contributed by atoms with E-state index in [-0.39, 0.29) is 24.7 Å². The molecule has 0 aliphatic heterocycles. The van der Waals surface area contributed by atoms with Crippen molar-refractivity contribution in [1.29, 1.82) is 0 Å². The van der Waals surface area contributed by atoms with Crippen molar-refractivity contribution in [2.24, 2.45) is 0 Å². The van der Waals surface area contributed by atoms with Crippen LogP contribution in [0.5, 0.6) is 0 Å². The molecule has 1 heterocycles. The normalized spacial score (nSPS) is 11.3. The molecule has 6 nitrogen and oxygen atoms in total. The van der Waals surface area contributed by atoms with Crippen molar-refractivity contribution in [2.45, 2.75) is 32.0 Å². The van der Waals surface area contributed by atoms with Gasteiger partial charge in [-0.05, 0) is 24.5 Å². The zero-order chi connectivity index (χ0) is 18.4. The van der Waals surface area contributed by atoms with Crippen LogP contribution >= 0.6 is 0 Å². The van der Waals surface area contributed by atoms with Gasteiger partial charge in [0.05, 0.1) is 5.56 Å². The summed E-state index contributed by atoms with van der Waals surface area (Å²) in [5.74, 6) is -1.17. The van der Waals surface area contributed by atoms with Crippen molar-refractivity contribution in [3.05, 3.63) is 47.7 Å². The first kappa shape index (κ1) is 18.5. The van der Waals surface area contributed by atoms with E-state index in [1.54, 1.807) is 6.07 Å². The van der Waals surface area contributed by atoms with E-state index >= 15 is 0 Å². The standard InChI is InChI=1S/C16H16F3N3O3/c17-16(18,19)12-5-1-3-11(9-12)4-2-6-14(23)20-13-7-8-22(21-13)10-15(24)25/h1,3,5,7-9H,2,4,6,10H2,(H,24,25)(H,20,21,23). The lowest BCUT2D eigenvalue weighted by Crippen LogP contribution is -2.13. The summed E-state index contributed by atoms with van der Waals surface area (Å²) >= 11 is 0. The summed E-state index contributed by atoms with van der Waals surface area (Å²) in [6, 6.07) is 6.47. The number of carbonyl (C=O) groups excluding carboxylic acids is 1. The second kappa shape index (κ2) is 7.82. The second-order valence-electron chi connectivity index (χ2n) is 5.39. The van der Waals surface area contributed by atoms with E-state index in [2.05, 4.69) is 10.4 Å². The van der Waals surface area contributed by atoms with Crippen LogP contribution in [0.4, 0.5) is 19.0 Å². The molecule has 2 rings (SSSR count). The number of carbonyl (C=O) groups is 2. The molecule has 2 aromatic rings. The number of aryl methyl sites for hydroxylation is 1. The molecule has 0 atom stereocenters. The fraction of sp³-hybridized carbons (Fsp3) is 0.312. The molecule has 0 aliphatic rings. The maximum absolute atomic E-state index is 12.6. The number of aliphatic carboxylic acids is 1. The lowest BCUT2D eigenvalue weighted by molar-refractivity contribution is -0.138. The van der Waals surface area contributed by atoms with Crippen LogP contribution in [0.25, 0.3) is 0 Å². The predicted octanol–water partition coefficient (Wildman–Crippen LogP) is 2.95. The van der Waals surface area contributed by atoms with Gasteiger partial charge in [0.25, 0.3) is 0 Å². The Labute approximate surface area is 141 Å².